The zero-order valence-corrected chi connectivity index (χ0v) is 20.6. The molecule has 2 heterocycles. The molecule has 8 nitrogen and oxygen atoms in total. The SMILES string of the molecule is CCCSc1nc2n(n1)C(c1ccc(OC)c(OCC)c1)C(C(=O)Nc1ccccc1)=C(C)N2. The fourth-order valence-corrected chi connectivity index (χ4v) is 4.52. The van der Waals surface area contributed by atoms with E-state index in [0.29, 0.717) is 34.8 Å². The van der Waals surface area contributed by atoms with Crippen molar-refractivity contribution in [1.29, 1.82) is 0 Å². The van der Waals surface area contributed by atoms with Gasteiger partial charge >= 0.3 is 0 Å². The van der Waals surface area contributed by atoms with Crippen molar-refractivity contribution >= 4 is 29.3 Å². The number of hydrogen-bond acceptors (Lipinski definition) is 7. The van der Waals surface area contributed by atoms with Gasteiger partial charge in [-0.3, -0.25) is 4.79 Å². The van der Waals surface area contributed by atoms with E-state index in [1.165, 1.54) is 0 Å². The number of aromatic nitrogens is 3. The lowest BCUT2D eigenvalue weighted by atomic mass is 9.94. The molecule has 0 fully saturated rings. The third kappa shape index (κ3) is 4.89. The average molecular weight is 480 g/mol. The second-order valence-electron chi connectivity index (χ2n) is 7.74. The van der Waals surface area contributed by atoms with Crippen LogP contribution in [0.15, 0.2) is 65.0 Å². The van der Waals surface area contributed by atoms with Crippen LogP contribution >= 0.6 is 11.8 Å². The summed E-state index contributed by atoms with van der Waals surface area (Å²) in [5.74, 6) is 2.56. The van der Waals surface area contributed by atoms with Gasteiger partial charge in [0.2, 0.25) is 11.1 Å². The van der Waals surface area contributed by atoms with Crippen LogP contribution in [0.3, 0.4) is 0 Å². The van der Waals surface area contributed by atoms with E-state index in [1.807, 2.05) is 62.4 Å². The molecule has 1 aliphatic rings. The van der Waals surface area contributed by atoms with Crippen molar-refractivity contribution in [1.82, 2.24) is 14.8 Å². The number of thioether (sulfide) groups is 1. The van der Waals surface area contributed by atoms with Gasteiger partial charge in [0.25, 0.3) is 5.91 Å². The molecule has 0 saturated heterocycles. The number of hydrogen-bond donors (Lipinski definition) is 2. The van der Waals surface area contributed by atoms with Crippen LogP contribution in [0.5, 0.6) is 11.5 Å². The van der Waals surface area contributed by atoms with Crippen LogP contribution in [-0.2, 0) is 4.79 Å². The summed E-state index contributed by atoms with van der Waals surface area (Å²) in [7, 11) is 1.61. The molecule has 3 aromatic rings. The first-order valence-corrected chi connectivity index (χ1v) is 12.3. The van der Waals surface area contributed by atoms with E-state index < -0.39 is 6.04 Å². The van der Waals surface area contributed by atoms with E-state index >= 15 is 0 Å². The molecule has 2 N–H and O–H groups in total. The van der Waals surface area contributed by atoms with Crippen LogP contribution in [0.4, 0.5) is 11.6 Å². The summed E-state index contributed by atoms with van der Waals surface area (Å²) in [6, 6.07) is 14.6. The molecule has 0 bridgehead atoms. The normalized spacial score (nSPS) is 14.9. The minimum Gasteiger partial charge on any atom is -0.493 e. The lowest BCUT2D eigenvalue weighted by Crippen LogP contribution is -2.31. The Balaban J connectivity index is 1.80. The number of benzene rings is 2. The number of carbonyl (C=O) groups excluding carboxylic acids is 1. The first-order valence-electron chi connectivity index (χ1n) is 11.3. The Morgan fingerprint density at radius 2 is 1.97 bits per heavy atom. The second kappa shape index (κ2) is 10.6. The van der Waals surface area contributed by atoms with Gasteiger partial charge in [-0.05, 0) is 50.1 Å². The summed E-state index contributed by atoms with van der Waals surface area (Å²) >= 11 is 1.60. The summed E-state index contributed by atoms with van der Waals surface area (Å²) in [5, 5.41) is 11.7. The molecule has 0 radical (unpaired) electrons. The first-order chi connectivity index (χ1) is 16.5. The number of para-hydroxylation sites is 1. The smallest absolute Gasteiger partial charge is 0.255 e. The lowest BCUT2D eigenvalue weighted by Gasteiger charge is -2.29. The predicted molar refractivity (Wildman–Crippen MR) is 135 cm³/mol. The molecule has 1 atom stereocenters. The molecule has 0 saturated carbocycles. The van der Waals surface area contributed by atoms with Crippen molar-refractivity contribution in [3.05, 3.63) is 65.4 Å². The molecule has 1 unspecified atom stereocenters. The van der Waals surface area contributed by atoms with Gasteiger partial charge in [-0.25, -0.2) is 4.68 Å². The van der Waals surface area contributed by atoms with Gasteiger partial charge in [-0.1, -0.05) is 43.0 Å². The fraction of sp³-hybridized carbons (Fsp3) is 0.320. The molecule has 4 rings (SSSR count). The Hall–Kier alpha value is -3.46. The number of fused-ring (bicyclic) bond motifs is 1. The highest BCUT2D eigenvalue weighted by molar-refractivity contribution is 7.99. The number of amides is 1. The number of carbonyl (C=O) groups is 1. The van der Waals surface area contributed by atoms with E-state index in [9.17, 15) is 4.79 Å². The maximum atomic E-state index is 13.6. The molecule has 34 heavy (non-hydrogen) atoms. The van der Waals surface area contributed by atoms with E-state index in [1.54, 1.807) is 23.6 Å². The van der Waals surface area contributed by atoms with Crippen molar-refractivity contribution in [2.24, 2.45) is 0 Å². The standard InChI is InChI=1S/C25H29N5O3S/c1-5-14-34-25-28-24-26-16(3)21(23(31)27-18-10-8-7-9-11-18)22(30(24)29-25)17-12-13-19(32-4)20(15-17)33-6-2/h7-13,15,22H,5-6,14H2,1-4H3,(H,27,31)(H,26,28,29). The zero-order chi connectivity index (χ0) is 24.1. The van der Waals surface area contributed by atoms with Crippen LogP contribution in [0.25, 0.3) is 0 Å². The van der Waals surface area contributed by atoms with Crippen LogP contribution in [0, 0.1) is 0 Å². The highest BCUT2D eigenvalue weighted by Gasteiger charge is 2.35. The van der Waals surface area contributed by atoms with E-state index in [0.717, 1.165) is 29.1 Å². The number of nitrogens with one attached hydrogen (secondary N) is 2. The Bertz CT molecular complexity index is 1190. The van der Waals surface area contributed by atoms with Gasteiger partial charge in [0, 0.05) is 17.1 Å². The third-order valence-electron chi connectivity index (χ3n) is 5.35. The largest absolute Gasteiger partial charge is 0.493 e. The van der Waals surface area contributed by atoms with E-state index in [4.69, 9.17) is 14.6 Å². The molecular formula is C25H29N5O3S. The van der Waals surface area contributed by atoms with Gasteiger partial charge in [-0.2, -0.15) is 4.98 Å². The van der Waals surface area contributed by atoms with Gasteiger partial charge < -0.3 is 20.1 Å². The Kier molecular flexibility index (Phi) is 7.42. The van der Waals surface area contributed by atoms with Gasteiger partial charge in [-0.15, -0.1) is 5.10 Å². The summed E-state index contributed by atoms with van der Waals surface area (Å²) in [5.41, 5.74) is 2.85. The van der Waals surface area contributed by atoms with Crippen LogP contribution in [0.1, 0.15) is 38.8 Å². The molecule has 9 heteroatoms. The predicted octanol–water partition coefficient (Wildman–Crippen LogP) is 5.12. The monoisotopic (exact) mass is 479 g/mol. The number of anilines is 2. The molecule has 1 aromatic heterocycles. The highest BCUT2D eigenvalue weighted by atomic mass is 32.2. The van der Waals surface area contributed by atoms with Crippen molar-refractivity contribution in [3.8, 4) is 11.5 Å². The lowest BCUT2D eigenvalue weighted by molar-refractivity contribution is -0.113. The molecule has 0 spiro atoms. The van der Waals surface area contributed by atoms with Crippen molar-refractivity contribution in [3.63, 3.8) is 0 Å². The minimum absolute atomic E-state index is 0.209. The third-order valence-corrected chi connectivity index (χ3v) is 6.39. The van der Waals surface area contributed by atoms with E-state index in [-0.39, 0.29) is 5.91 Å². The summed E-state index contributed by atoms with van der Waals surface area (Å²) < 4.78 is 13.1. The first kappa shape index (κ1) is 23.7. The Labute approximate surface area is 203 Å². The number of nitrogens with zero attached hydrogens (tertiary/aromatic N) is 3. The highest BCUT2D eigenvalue weighted by Crippen LogP contribution is 2.39. The van der Waals surface area contributed by atoms with Crippen LogP contribution in [0.2, 0.25) is 0 Å². The number of methoxy groups -OCH3 is 1. The quantitative estimate of drug-likeness (QED) is 0.412. The fourth-order valence-electron chi connectivity index (χ4n) is 3.84. The topological polar surface area (TPSA) is 90.3 Å². The second-order valence-corrected chi connectivity index (χ2v) is 8.80. The van der Waals surface area contributed by atoms with Crippen molar-refractivity contribution in [2.45, 2.75) is 38.4 Å². The summed E-state index contributed by atoms with van der Waals surface area (Å²) in [6.07, 6.45) is 1.02. The van der Waals surface area contributed by atoms with Crippen molar-refractivity contribution < 1.29 is 14.3 Å². The average Bonchev–Trinajstić information content (AvgIpc) is 3.24. The van der Waals surface area contributed by atoms with Gasteiger partial charge in [0.15, 0.2) is 11.5 Å². The minimum atomic E-state index is -0.492. The number of allylic oxidation sites excluding steroid dienone is 1. The Morgan fingerprint density at radius 3 is 2.68 bits per heavy atom. The molecule has 1 amide bonds. The number of ether oxygens (including phenoxy) is 2. The van der Waals surface area contributed by atoms with Crippen LogP contribution in [-0.4, -0.2) is 40.1 Å². The number of rotatable bonds is 9. The zero-order valence-electron chi connectivity index (χ0n) is 19.8. The van der Waals surface area contributed by atoms with E-state index in [2.05, 4.69) is 22.5 Å². The van der Waals surface area contributed by atoms with Crippen molar-refractivity contribution in [2.75, 3.05) is 30.1 Å². The molecule has 2 aromatic carbocycles. The maximum Gasteiger partial charge on any atom is 0.255 e. The summed E-state index contributed by atoms with van der Waals surface area (Å²) in [4.78, 5) is 18.2. The van der Waals surface area contributed by atoms with Gasteiger partial charge in [0.1, 0.15) is 6.04 Å². The van der Waals surface area contributed by atoms with Crippen LogP contribution < -0.4 is 20.1 Å². The summed E-state index contributed by atoms with van der Waals surface area (Å²) in [6.45, 7) is 6.42. The molecule has 0 aliphatic carbocycles. The molecular weight excluding hydrogens is 450 g/mol. The molecule has 178 valence electrons. The van der Waals surface area contributed by atoms with Gasteiger partial charge in [0.05, 0.1) is 19.3 Å². The Morgan fingerprint density at radius 1 is 1.18 bits per heavy atom. The maximum absolute atomic E-state index is 13.6. The molecule has 1 aliphatic heterocycles.